The first-order valence-corrected chi connectivity index (χ1v) is 6.58. The lowest BCUT2D eigenvalue weighted by atomic mass is 10.1. The van der Waals surface area contributed by atoms with Gasteiger partial charge in [-0.15, -0.1) is 0 Å². The molecule has 0 aliphatic heterocycles. The Kier molecular flexibility index (Phi) is 3.57. The minimum atomic E-state index is -0.255. The van der Waals surface area contributed by atoms with Gasteiger partial charge < -0.3 is 11.1 Å². The van der Waals surface area contributed by atoms with E-state index in [4.69, 9.17) is 5.73 Å². The molecule has 2 heterocycles. The van der Waals surface area contributed by atoms with Crippen LogP contribution in [0.1, 0.15) is 16.1 Å². The van der Waals surface area contributed by atoms with Crippen LogP contribution in [0.25, 0.3) is 10.9 Å². The fourth-order valence-corrected chi connectivity index (χ4v) is 2.08. The van der Waals surface area contributed by atoms with Gasteiger partial charge in [0.05, 0.1) is 11.2 Å². The number of carbonyl (C=O) groups is 1. The van der Waals surface area contributed by atoms with Crippen LogP contribution in [0.15, 0.2) is 54.9 Å². The predicted molar refractivity (Wildman–Crippen MR) is 81.8 cm³/mol. The summed E-state index contributed by atoms with van der Waals surface area (Å²) < 4.78 is 0. The number of nitrogens with two attached hydrogens (primary N) is 1. The van der Waals surface area contributed by atoms with Crippen LogP contribution in [0.4, 0.5) is 5.69 Å². The SMILES string of the molecule is NCc1ccc(C(=O)Nc2cccc3ncccc23)nc1. The Hall–Kier alpha value is -2.79. The standard InChI is InChI=1S/C16H14N4O/c17-9-11-6-7-15(19-10-11)16(21)20-14-5-1-4-13-12(14)3-2-8-18-13/h1-8,10H,9,17H2,(H,20,21). The molecule has 3 rings (SSSR count). The first kappa shape index (κ1) is 13.2. The van der Waals surface area contributed by atoms with Crippen LogP contribution in [-0.4, -0.2) is 15.9 Å². The monoisotopic (exact) mass is 278 g/mol. The molecule has 5 nitrogen and oxygen atoms in total. The fourth-order valence-electron chi connectivity index (χ4n) is 2.08. The highest BCUT2D eigenvalue weighted by Gasteiger charge is 2.09. The average Bonchev–Trinajstić information content (AvgIpc) is 2.55. The molecule has 0 saturated heterocycles. The molecule has 0 unspecified atom stereocenters. The zero-order valence-corrected chi connectivity index (χ0v) is 11.3. The van der Waals surface area contributed by atoms with Crippen molar-refractivity contribution in [2.24, 2.45) is 5.73 Å². The van der Waals surface area contributed by atoms with Gasteiger partial charge in [-0.3, -0.25) is 14.8 Å². The van der Waals surface area contributed by atoms with Crippen molar-refractivity contribution in [1.29, 1.82) is 0 Å². The van der Waals surface area contributed by atoms with Gasteiger partial charge in [0.2, 0.25) is 0 Å². The van der Waals surface area contributed by atoms with Gasteiger partial charge in [0.15, 0.2) is 0 Å². The minimum Gasteiger partial charge on any atom is -0.326 e. The lowest BCUT2D eigenvalue weighted by Crippen LogP contribution is -2.14. The number of pyridine rings is 2. The van der Waals surface area contributed by atoms with E-state index in [1.54, 1.807) is 24.5 Å². The normalized spacial score (nSPS) is 10.5. The lowest BCUT2D eigenvalue weighted by Gasteiger charge is -2.08. The van der Waals surface area contributed by atoms with Gasteiger partial charge in [0.25, 0.3) is 5.91 Å². The Bertz CT molecular complexity index is 778. The maximum absolute atomic E-state index is 12.2. The van der Waals surface area contributed by atoms with Gasteiger partial charge in [0, 0.05) is 24.3 Å². The summed E-state index contributed by atoms with van der Waals surface area (Å²) in [5.74, 6) is -0.255. The quantitative estimate of drug-likeness (QED) is 0.770. The molecule has 0 saturated carbocycles. The Labute approximate surface area is 121 Å². The second-order valence-corrected chi connectivity index (χ2v) is 4.59. The summed E-state index contributed by atoms with van der Waals surface area (Å²) in [6.45, 7) is 0.407. The van der Waals surface area contributed by atoms with Gasteiger partial charge in [-0.05, 0) is 35.9 Å². The molecule has 0 spiro atoms. The highest BCUT2D eigenvalue weighted by atomic mass is 16.1. The number of nitrogens with zero attached hydrogens (tertiary/aromatic N) is 2. The first-order valence-electron chi connectivity index (χ1n) is 6.58. The maximum atomic E-state index is 12.2. The molecular formula is C16H14N4O. The number of aromatic nitrogens is 2. The summed E-state index contributed by atoms with van der Waals surface area (Å²) in [5.41, 5.74) is 8.31. The smallest absolute Gasteiger partial charge is 0.274 e. The van der Waals surface area contributed by atoms with Crippen molar-refractivity contribution in [1.82, 2.24) is 9.97 Å². The molecule has 1 amide bonds. The van der Waals surface area contributed by atoms with Crippen molar-refractivity contribution in [3.05, 3.63) is 66.1 Å². The van der Waals surface area contributed by atoms with Crippen LogP contribution in [0, 0.1) is 0 Å². The van der Waals surface area contributed by atoms with Crippen LogP contribution < -0.4 is 11.1 Å². The van der Waals surface area contributed by atoms with Crippen LogP contribution in [0.2, 0.25) is 0 Å². The van der Waals surface area contributed by atoms with Crippen molar-refractivity contribution < 1.29 is 4.79 Å². The van der Waals surface area contributed by atoms with Gasteiger partial charge in [-0.1, -0.05) is 12.1 Å². The van der Waals surface area contributed by atoms with Crippen LogP contribution in [-0.2, 0) is 6.54 Å². The van der Waals surface area contributed by atoms with Gasteiger partial charge >= 0.3 is 0 Å². The summed E-state index contributed by atoms with van der Waals surface area (Å²) in [6, 6.07) is 12.8. The summed E-state index contributed by atoms with van der Waals surface area (Å²) in [4.78, 5) is 20.6. The Morgan fingerprint density at radius 3 is 2.76 bits per heavy atom. The molecule has 0 atom stereocenters. The van der Waals surface area contributed by atoms with Crippen LogP contribution in [0.5, 0.6) is 0 Å². The molecule has 3 N–H and O–H groups in total. The van der Waals surface area contributed by atoms with E-state index < -0.39 is 0 Å². The summed E-state index contributed by atoms with van der Waals surface area (Å²) >= 11 is 0. The lowest BCUT2D eigenvalue weighted by molar-refractivity contribution is 0.102. The number of hydrogen-bond donors (Lipinski definition) is 2. The van der Waals surface area contributed by atoms with Crippen molar-refractivity contribution in [3.8, 4) is 0 Å². The number of hydrogen-bond acceptors (Lipinski definition) is 4. The third-order valence-electron chi connectivity index (χ3n) is 3.19. The largest absolute Gasteiger partial charge is 0.326 e. The van der Waals surface area contributed by atoms with Crippen molar-refractivity contribution in [3.63, 3.8) is 0 Å². The first-order chi connectivity index (χ1) is 10.3. The number of anilines is 1. The Morgan fingerprint density at radius 2 is 2.00 bits per heavy atom. The third kappa shape index (κ3) is 2.73. The fraction of sp³-hybridized carbons (Fsp3) is 0.0625. The zero-order chi connectivity index (χ0) is 14.7. The molecule has 0 aliphatic rings. The number of carbonyl (C=O) groups excluding carboxylic acids is 1. The van der Waals surface area contributed by atoms with E-state index in [0.29, 0.717) is 12.2 Å². The number of rotatable bonds is 3. The number of amides is 1. The molecule has 5 heteroatoms. The summed E-state index contributed by atoms with van der Waals surface area (Å²) in [7, 11) is 0. The molecule has 104 valence electrons. The van der Waals surface area contributed by atoms with E-state index >= 15 is 0 Å². The predicted octanol–water partition coefficient (Wildman–Crippen LogP) is 2.34. The molecule has 0 radical (unpaired) electrons. The molecular weight excluding hydrogens is 264 g/mol. The van der Waals surface area contributed by atoms with Crippen LogP contribution >= 0.6 is 0 Å². The minimum absolute atomic E-state index is 0.255. The molecule has 21 heavy (non-hydrogen) atoms. The van der Waals surface area contributed by atoms with E-state index in [1.807, 2.05) is 30.3 Å². The number of fused-ring (bicyclic) bond motifs is 1. The maximum Gasteiger partial charge on any atom is 0.274 e. The molecule has 0 bridgehead atoms. The molecule has 2 aromatic heterocycles. The third-order valence-corrected chi connectivity index (χ3v) is 3.19. The summed E-state index contributed by atoms with van der Waals surface area (Å²) in [5, 5.41) is 3.76. The van der Waals surface area contributed by atoms with Crippen LogP contribution in [0.3, 0.4) is 0 Å². The summed E-state index contributed by atoms with van der Waals surface area (Å²) in [6.07, 6.45) is 3.33. The van der Waals surface area contributed by atoms with Gasteiger partial charge in [-0.2, -0.15) is 0 Å². The number of nitrogens with one attached hydrogen (secondary N) is 1. The molecule has 1 aromatic carbocycles. The zero-order valence-electron chi connectivity index (χ0n) is 11.3. The van der Waals surface area contributed by atoms with Crippen molar-refractivity contribution in [2.75, 3.05) is 5.32 Å². The van der Waals surface area contributed by atoms with E-state index in [-0.39, 0.29) is 5.91 Å². The molecule has 3 aromatic rings. The van der Waals surface area contributed by atoms with E-state index in [0.717, 1.165) is 22.2 Å². The van der Waals surface area contributed by atoms with Crippen molar-refractivity contribution in [2.45, 2.75) is 6.54 Å². The Morgan fingerprint density at radius 1 is 1.10 bits per heavy atom. The highest BCUT2D eigenvalue weighted by molar-refractivity contribution is 6.07. The second-order valence-electron chi connectivity index (χ2n) is 4.59. The van der Waals surface area contributed by atoms with Crippen molar-refractivity contribution >= 4 is 22.5 Å². The second kappa shape index (κ2) is 5.68. The van der Waals surface area contributed by atoms with Gasteiger partial charge in [-0.25, -0.2) is 0 Å². The topological polar surface area (TPSA) is 80.9 Å². The van der Waals surface area contributed by atoms with E-state index in [2.05, 4.69) is 15.3 Å². The average molecular weight is 278 g/mol. The molecule has 0 fully saturated rings. The molecule has 0 aliphatic carbocycles. The Balaban J connectivity index is 1.89. The van der Waals surface area contributed by atoms with E-state index in [9.17, 15) is 4.79 Å². The number of benzene rings is 1. The highest BCUT2D eigenvalue weighted by Crippen LogP contribution is 2.21. The van der Waals surface area contributed by atoms with Gasteiger partial charge in [0.1, 0.15) is 5.69 Å². The van der Waals surface area contributed by atoms with E-state index in [1.165, 1.54) is 0 Å².